The summed E-state index contributed by atoms with van der Waals surface area (Å²) in [4.78, 5) is 10.6. The van der Waals surface area contributed by atoms with E-state index in [9.17, 15) is 0 Å². The molecule has 0 spiro atoms. The molecule has 11 aromatic rings. The summed E-state index contributed by atoms with van der Waals surface area (Å²) in [5.41, 5.74) is 21.2. The highest BCUT2D eigenvalue weighted by Gasteiger charge is 2.40. The number of para-hydroxylation sites is 1. The SMILES string of the molecule is CC1C=C(c2ccc(C3=NC(c4ccc5c(c4)C4CCC4c4ccc(-c6ccc7c(c6)oc6cccc(-n8c9ccccc9c9cc(-c%10ccccc%10)ccc98)c67)cc4-5)=NC(c4ccccc4)N3)cc2)C=CC1. The molecule has 1 N–H and O–H groups in total. The molecule has 2 aromatic heterocycles. The van der Waals surface area contributed by atoms with E-state index in [1.54, 1.807) is 0 Å². The summed E-state index contributed by atoms with van der Waals surface area (Å²) in [6.45, 7) is 2.28. The molecule has 9 aromatic carbocycles. The number of fused-ring (bicyclic) bond motifs is 12. The maximum Gasteiger partial charge on any atom is 0.159 e. The van der Waals surface area contributed by atoms with E-state index < -0.39 is 0 Å². The van der Waals surface area contributed by atoms with Gasteiger partial charge in [-0.15, -0.1) is 0 Å². The number of aromatic nitrogens is 1. The van der Waals surface area contributed by atoms with Crippen molar-refractivity contribution < 1.29 is 4.42 Å². The second-order valence-electron chi connectivity index (χ2n) is 20.5. The Morgan fingerprint density at radius 3 is 2.08 bits per heavy atom. The summed E-state index contributed by atoms with van der Waals surface area (Å²) in [6, 6.07) is 73.0. The van der Waals surface area contributed by atoms with Crippen LogP contribution in [0.2, 0.25) is 0 Å². The Bertz CT molecular complexity index is 4170. The first-order valence-corrected chi connectivity index (χ1v) is 25.9. The molecule has 1 aliphatic heterocycles. The van der Waals surface area contributed by atoms with Crippen LogP contribution in [0.4, 0.5) is 0 Å². The average Bonchev–Trinajstić information content (AvgIpc) is 4.00. The summed E-state index contributed by atoms with van der Waals surface area (Å²) < 4.78 is 9.21. The summed E-state index contributed by atoms with van der Waals surface area (Å²) in [5.74, 6) is 3.11. The molecule has 1 fully saturated rings. The van der Waals surface area contributed by atoms with Crippen LogP contribution in [0.25, 0.3) is 88.4 Å². The number of aliphatic imine (C=N–C) groups is 2. The van der Waals surface area contributed by atoms with Gasteiger partial charge in [-0.05, 0) is 153 Å². The minimum Gasteiger partial charge on any atom is -0.456 e. The molecule has 15 rings (SSSR count). The van der Waals surface area contributed by atoms with Gasteiger partial charge >= 0.3 is 0 Å². The van der Waals surface area contributed by atoms with Crippen molar-refractivity contribution in [3.63, 3.8) is 0 Å². The lowest BCUT2D eigenvalue weighted by molar-refractivity contribution is 0.343. The van der Waals surface area contributed by atoms with Gasteiger partial charge in [0.1, 0.15) is 23.2 Å². The monoisotopic (exact) mass is 938 g/mol. The molecule has 1 saturated carbocycles. The molecule has 4 unspecified atom stereocenters. The average molecular weight is 939 g/mol. The molecule has 5 nitrogen and oxygen atoms in total. The van der Waals surface area contributed by atoms with Crippen LogP contribution in [0.3, 0.4) is 0 Å². The van der Waals surface area contributed by atoms with E-state index in [2.05, 4.69) is 235 Å². The van der Waals surface area contributed by atoms with E-state index in [4.69, 9.17) is 14.4 Å². The quantitative estimate of drug-likeness (QED) is 0.173. The molecule has 4 aliphatic rings. The first-order chi connectivity index (χ1) is 36.1. The molecular weight excluding hydrogens is 889 g/mol. The van der Waals surface area contributed by atoms with Crippen molar-refractivity contribution in [3.05, 3.63) is 252 Å². The van der Waals surface area contributed by atoms with Crippen LogP contribution in [0.5, 0.6) is 0 Å². The van der Waals surface area contributed by atoms with Crippen LogP contribution in [0.1, 0.15) is 77.6 Å². The smallest absolute Gasteiger partial charge is 0.159 e. The van der Waals surface area contributed by atoms with Crippen LogP contribution < -0.4 is 5.32 Å². The van der Waals surface area contributed by atoms with E-state index in [0.29, 0.717) is 17.8 Å². The minimum absolute atomic E-state index is 0.262. The Morgan fingerprint density at radius 2 is 1.23 bits per heavy atom. The van der Waals surface area contributed by atoms with Crippen molar-refractivity contribution in [1.29, 1.82) is 0 Å². The third-order valence-corrected chi connectivity index (χ3v) is 16.2. The fourth-order valence-corrected chi connectivity index (χ4v) is 12.4. The van der Waals surface area contributed by atoms with Crippen LogP contribution in [0, 0.1) is 5.92 Å². The highest BCUT2D eigenvalue weighted by atomic mass is 16.3. The van der Waals surface area contributed by atoms with Gasteiger partial charge in [-0.3, -0.25) is 0 Å². The van der Waals surface area contributed by atoms with Gasteiger partial charge in [-0.25, -0.2) is 9.98 Å². The van der Waals surface area contributed by atoms with Crippen molar-refractivity contribution in [3.8, 4) is 39.1 Å². The topological polar surface area (TPSA) is 54.8 Å². The minimum atomic E-state index is -0.262. The molecule has 0 bridgehead atoms. The number of nitrogens with one attached hydrogen (secondary N) is 1. The van der Waals surface area contributed by atoms with Crippen LogP contribution in [0.15, 0.2) is 233 Å². The zero-order chi connectivity index (χ0) is 48.1. The number of amidine groups is 2. The number of nitrogens with zero attached hydrogens (tertiary/aromatic N) is 3. The Morgan fingerprint density at radius 1 is 0.521 bits per heavy atom. The number of hydrogen-bond donors (Lipinski definition) is 1. The predicted octanol–water partition coefficient (Wildman–Crippen LogP) is 17.1. The van der Waals surface area contributed by atoms with Crippen LogP contribution >= 0.6 is 0 Å². The molecule has 73 heavy (non-hydrogen) atoms. The number of allylic oxidation sites excluding steroid dienone is 4. The van der Waals surface area contributed by atoms with E-state index in [0.717, 1.165) is 68.0 Å². The van der Waals surface area contributed by atoms with Gasteiger partial charge in [0.25, 0.3) is 0 Å². The number of benzene rings is 9. The van der Waals surface area contributed by atoms with Crippen molar-refractivity contribution in [2.75, 3.05) is 0 Å². The number of rotatable bonds is 7. The second kappa shape index (κ2) is 16.6. The predicted molar refractivity (Wildman–Crippen MR) is 302 cm³/mol. The lowest BCUT2D eigenvalue weighted by Crippen LogP contribution is -2.33. The van der Waals surface area contributed by atoms with Gasteiger partial charge in [0, 0.05) is 27.3 Å². The molecule has 3 aliphatic carbocycles. The first-order valence-electron chi connectivity index (χ1n) is 25.9. The molecule has 348 valence electrons. The van der Waals surface area contributed by atoms with Crippen LogP contribution in [-0.4, -0.2) is 16.2 Å². The normalized spacial score (nSPS) is 18.9. The van der Waals surface area contributed by atoms with Crippen molar-refractivity contribution >= 4 is 61.0 Å². The van der Waals surface area contributed by atoms with Gasteiger partial charge in [-0.2, -0.15) is 0 Å². The van der Waals surface area contributed by atoms with Gasteiger partial charge < -0.3 is 14.3 Å². The second-order valence-corrected chi connectivity index (χ2v) is 20.5. The van der Waals surface area contributed by atoms with Gasteiger partial charge in [0.05, 0.1) is 22.1 Å². The third kappa shape index (κ3) is 6.90. The van der Waals surface area contributed by atoms with Crippen molar-refractivity contribution in [1.82, 2.24) is 9.88 Å². The van der Waals surface area contributed by atoms with Gasteiger partial charge in [0.2, 0.25) is 0 Å². The fourth-order valence-electron chi connectivity index (χ4n) is 12.4. The maximum atomic E-state index is 6.80. The van der Waals surface area contributed by atoms with Crippen molar-refractivity contribution in [2.45, 2.75) is 44.2 Å². The van der Waals surface area contributed by atoms with E-state index in [-0.39, 0.29) is 6.17 Å². The number of hydrogen-bond acceptors (Lipinski definition) is 4. The lowest BCUT2D eigenvalue weighted by Gasteiger charge is -2.43. The first kappa shape index (κ1) is 41.9. The van der Waals surface area contributed by atoms with E-state index >= 15 is 0 Å². The maximum absolute atomic E-state index is 6.80. The summed E-state index contributed by atoms with van der Waals surface area (Å²) >= 11 is 0. The Labute approximate surface area is 424 Å². The third-order valence-electron chi connectivity index (χ3n) is 16.2. The molecule has 4 atom stereocenters. The Kier molecular flexibility index (Phi) is 9.56. The van der Waals surface area contributed by atoms with E-state index in [1.807, 2.05) is 0 Å². The molecular formula is C68H50N4O. The summed E-state index contributed by atoms with van der Waals surface area (Å²) in [6.07, 6.45) is 10.1. The molecule has 3 heterocycles. The van der Waals surface area contributed by atoms with Crippen LogP contribution in [-0.2, 0) is 0 Å². The molecule has 0 amide bonds. The number of furan rings is 1. The largest absolute Gasteiger partial charge is 0.456 e. The molecule has 0 radical (unpaired) electrons. The van der Waals surface area contributed by atoms with Gasteiger partial charge in [-0.1, -0.05) is 171 Å². The highest BCUT2D eigenvalue weighted by Crippen LogP contribution is 2.58. The molecule has 5 heteroatoms. The standard InChI is InChI=1S/C68H50N4O/c1-41-12-10-17-46(36-41)43-22-24-45(25-23-43)67-69-66(44-15-6-3-7-16-44)70-68(71-67)50-28-31-54-57-37-48(26-30-52(57)51-33-34-53(51)58(54)39-50)49-27-32-56-64(40-49)73-63-21-11-20-62(65(56)63)72-60-19-9-8-18-55(60)59-38-47(29-35-61(59)72)42-13-4-2-5-14-42/h2-11,13-32,35-41,51,53,66H,12,33-34H2,1H3,(H,69,70,71). The lowest BCUT2D eigenvalue weighted by atomic mass is 9.60. The summed E-state index contributed by atoms with van der Waals surface area (Å²) in [7, 11) is 0. The zero-order valence-electron chi connectivity index (χ0n) is 40.5. The van der Waals surface area contributed by atoms with Gasteiger partial charge in [0.15, 0.2) is 5.84 Å². The summed E-state index contributed by atoms with van der Waals surface area (Å²) in [5, 5.41) is 8.38. The molecule has 0 saturated heterocycles. The Hall–Kier alpha value is -8.80. The Balaban J connectivity index is 0.790. The highest BCUT2D eigenvalue weighted by molar-refractivity contribution is 6.16. The van der Waals surface area contributed by atoms with Crippen molar-refractivity contribution in [2.24, 2.45) is 15.9 Å². The van der Waals surface area contributed by atoms with E-state index in [1.165, 1.54) is 84.7 Å². The zero-order valence-corrected chi connectivity index (χ0v) is 40.5. The fraction of sp³-hybridized carbons (Fsp3) is 0.118.